The predicted octanol–water partition coefficient (Wildman–Crippen LogP) is 1.12. The van der Waals surface area contributed by atoms with Gasteiger partial charge in [0.1, 0.15) is 6.04 Å². The van der Waals surface area contributed by atoms with E-state index >= 15 is 0 Å². The number of Topliss-reactive ketones (excluding diaryl/α,β-unsaturated/α-hetero) is 1. The van der Waals surface area contributed by atoms with Crippen LogP contribution in [0.3, 0.4) is 0 Å². The first kappa shape index (κ1) is 16.6. The summed E-state index contributed by atoms with van der Waals surface area (Å²) in [6.45, 7) is 1.48. The van der Waals surface area contributed by atoms with Crippen LogP contribution in [0.25, 0.3) is 0 Å². The Hall–Kier alpha value is -1.44. The number of sulfone groups is 1. The van der Waals surface area contributed by atoms with Crippen molar-refractivity contribution >= 4 is 33.2 Å². The fourth-order valence-corrected chi connectivity index (χ4v) is 2.96. The van der Waals surface area contributed by atoms with Gasteiger partial charge in [-0.25, -0.2) is 8.42 Å². The highest BCUT2D eigenvalue weighted by molar-refractivity contribution is 7.91. The van der Waals surface area contributed by atoms with Gasteiger partial charge in [0.2, 0.25) is 0 Å². The van der Waals surface area contributed by atoms with Crippen molar-refractivity contribution in [1.29, 1.82) is 0 Å². The first-order valence-corrected chi connectivity index (χ1v) is 7.76. The second-order valence-electron chi connectivity index (χ2n) is 4.12. The minimum absolute atomic E-state index is 0.0549. The van der Waals surface area contributed by atoms with Gasteiger partial charge in [0.15, 0.2) is 15.6 Å². The number of benzene rings is 1. The van der Waals surface area contributed by atoms with Crippen LogP contribution in [0.2, 0.25) is 5.02 Å². The molecule has 8 heteroatoms. The number of carbonyl (C=O) groups excluding carboxylic acids is 1. The van der Waals surface area contributed by atoms with Gasteiger partial charge in [0.05, 0.1) is 15.7 Å². The molecule has 1 aromatic rings. The minimum atomic E-state index is -3.47. The molecule has 0 aliphatic rings. The summed E-state index contributed by atoms with van der Waals surface area (Å²) in [7, 11) is -3.47. The van der Waals surface area contributed by atoms with Crippen molar-refractivity contribution in [2.45, 2.75) is 24.3 Å². The molecule has 0 aliphatic heterocycles. The smallest absolute Gasteiger partial charge is 0.320 e. The van der Waals surface area contributed by atoms with E-state index in [0.717, 1.165) is 0 Å². The molecule has 6 nitrogen and oxygen atoms in total. The van der Waals surface area contributed by atoms with Gasteiger partial charge in [-0.3, -0.25) is 9.59 Å². The Morgan fingerprint density at radius 2 is 2.00 bits per heavy atom. The molecule has 0 saturated carbocycles. The van der Waals surface area contributed by atoms with Gasteiger partial charge in [-0.15, -0.1) is 0 Å². The monoisotopic (exact) mass is 319 g/mol. The van der Waals surface area contributed by atoms with Gasteiger partial charge in [-0.05, 0) is 12.1 Å². The zero-order valence-electron chi connectivity index (χ0n) is 10.7. The highest BCUT2D eigenvalue weighted by atomic mass is 35.5. The molecule has 0 spiro atoms. The molecule has 0 aliphatic carbocycles. The SMILES string of the molecule is CCS(=O)(=O)c1ccc(C(=O)C[C@H](N)C(=O)O)cc1Cl. The summed E-state index contributed by atoms with van der Waals surface area (Å²) in [4.78, 5) is 22.3. The quantitative estimate of drug-likeness (QED) is 0.759. The normalized spacial score (nSPS) is 12.9. The Balaban J connectivity index is 3.04. The maximum atomic E-state index is 11.8. The van der Waals surface area contributed by atoms with Crippen LogP contribution >= 0.6 is 11.6 Å². The van der Waals surface area contributed by atoms with Crippen molar-refractivity contribution in [1.82, 2.24) is 0 Å². The number of carbonyl (C=O) groups is 2. The molecule has 0 amide bonds. The van der Waals surface area contributed by atoms with Crippen LogP contribution in [0.1, 0.15) is 23.7 Å². The van der Waals surface area contributed by atoms with Crippen molar-refractivity contribution < 1.29 is 23.1 Å². The maximum absolute atomic E-state index is 11.8. The molecule has 0 heterocycles. The van der Waals surface area contributed by atoms with Gasteiger partial charge in [-0.1, -0.05) is 24.6 Å². The van der Waals surface area contributed by atoms with E-state index in [-0.39, 0.29) is 27.7 Å². The largest absolute Gasteiger partial charge is 0.480 e. The van der Waals surface area contributed by atoms with Crippen LogP contribution in [-0.4, -0.2) is 37.1 Å². The number of nitrogens with two attached hydrogens (primary N) is 1. The number of carboxylic acid groups (broad SMARTS) is 1. The minimum Gasteiger partial charge on any atom is -0.480 e. The van der Waals surface area contributed by atoms with Crippen LogP contribution in [0, 0.1) is 0 Å². The maximum Gasteiger partial charge on any atom is 0.320 e. The number of hydrogen-bond donors (Lipinski definition) is 2. The van der Waals surface area contributed by atoms with E-state index in [1.165, 1.54) is 25.1 Å². The number of hydrogen-bond acceptors (Lipinski definition) is 5. The Morgan fingerprint density at radius 1 is 1.40 bits per heavy atom. The van der Waals surface area contributed by atoms with Gasteiger partial charge in [0, 0.05) is 12.0 Å². The van der Waals surface area contributed by atoms with Crippen LogP contribution < -0.4 is 5.73 Å². The van der Waals surface area contributed by atoms with E-state index in [4.69, 9.17) is 22.4 Å². The summed E-state index contributed by atoms with van der Waals surface area (Å²) < 4.78 is 23.4. The Labute approximate surface area is 121 Å². The third-order valence-corrected chi connectivity index (χ3v) is 4.90. The van der Waals surface area contributed by atoms with Crippen LogP contribution in [-0.2, 0) is 14.6 Å². The molecule has 110 valence electrons. The highest BCUT2D eigenvalue weighted by Gasteiger charge is 2.20. The number of rotatable bonds is 6. The molecular weight excluding hydrogens is 306 g/mol. The van der Waals surface area contributed by atoms with Crippen molar-refractivity contribution in [3.8, 4) is 0 Å². The van der Waals surface area contributed by atoms with Crippen molar-refractivity contribution in [3.63, 3.8) is 0 Å². The summed E-state index contributed by atoms with van der Waals surface area (Å²) in [5, 5.41) is 8.56. The third-order valence-electron chi connectivity index (χ3n) is 2.69. The lowest BCUT2D eigenvalue weighted by molar-refractivity contribution is -0.138. The van der Waals surface area contributed by atoms with Gasteiger partial charge >= 0.3 is 5.97 Å². The van der Waals surface area contributed by atoms with Crippen molar-refractivity contribution in [2.24, 2.45) is 5.73 Å². The van der Waals surface area contributed by atoms with Gasteiger partial charge < -0.3 is 10.8 Å². The third kappa shape index (κ3) is 3.78. The standard InChI is InChI=1S/C12H14ClNO5S/c1-2-20(18,19)11-4-3-7(5-8(11)13)10(15)6-9(14)12(16)17/h3-5,9H,2,6,14H2,1H3,(H,16,17)/t9-/m0/s1. The lowest BCUT2D eigenvalue weighted by atomic mass is 10.0. The Bertz CT molecular complexity index is 641. The summed E-state index contributed by atoms with van der Waals surface area (Å²) in [5.74, 6) is -1.90. The van der Waals surface area contributed by atoms with Gasteiger partial charge in [-0.2, -0.15) is 0 Å². The van der Waals surface area contributed by atoms with E-state index < -0.39 is 27.6 Å². The van der Waals surface area contributed by atoms with E-state index in [1.54, 1.807) is 0 Å². The summed E-state index contributed by atoms with van der Waals surface area (Å²) in [6.07, 6.45) is -0.383. The number of halogens is 1. The Kier molecular flexibility index (Phi) is 5.27. The summed E-state index contributed by atoms with van der Waals surface area (Å²) in [6, 6.07) is 2.44. The lowest BCUT2D eigenvalue weighted by Crippen LogP contribution is -2.32. The second kappa shape index (κ2) is 6.34. The number of ketones is 1. The first-order valence-electron chi connectivity index (χ1n) is 5.73. The molecule has 0 unspecified atom stereocenters. The van der Waals surface area contributed by atoms with Crippen molar-refractivity contribution in [2.75, 3.05) is 5.75 Å². The zero-order valence-corrected chi connectivity index (χ0v) is 12.2. The number of aliphatic carboxylic acids is 1. The topological polar surface area (TPSA) is 115 Å². The van der Waals surface area contributed by atoms with Crippen LogP contribution in [0.15, 0.2) is 23.1 Å². The molecule has 20 heavy (non-hydrogen) atoms. The van der Waals surface area contributed by atoms with E-state index in [1.807, 2.05) is 0 Å². The Morgan fingerprint density at radius 3 is 2.45 bits per heavy atom. The fourth-order valence-electron chi connectivity index (χ4n) is 1.49. The molecule has 0 saturated heterocycles. The molecular formula is C12H14ClNO5S. The predicted molar refractivity (Wildman–Crippen MR) is 73.7 cm³/mol. The molecule has 0 fully saturated rings. The van der Waals surface area contributed by atoms with Crippen molar-refractivity contribution in [3.05, 3.63) is 28.8 Å². The van der Waals surface area contributed by atoms with E-state index in [2.05, 4.69) is 0 Å². The van der Waals surface area contributed by atoms with Crippen LogP contribution in [0.4, 0.5) is 0 Å². The summed E-state index contributed by atoms with van der Waals surface area (Å²) >= 11 is 5.86. The average molecular weight is 320 g/mol. The molecule has 1 rings (SSSR count). The molecule has 3 N–H and O–H groups in total. The lowest BCUT2D eigenvalue weighted by Gasteiger charge is -2.08. The van der Waals surface area contributed by atoms with Gasteiger partial charge in [0.25, 0.3) is 0 Å². The van der Waals surface area contributed by atoms with E-state index in [0.29, 0.717) is 0 Å². The molecule has 0 bridgehead atoms. The summed E-state index contributed by atoms with van der Waals surface area (Å²) in [5.41, 5.74) is 5.39. The first-order chi connectivity index (χ1) is 9.19. The van der Waals surface area contributed by atoms with Crippen LogP contribution in [0.5, 0.6) is 0 Å². The number of carboxylic acids is 1. The van der Waals surface area contributed by atoms with E-state index in [9.17, 15) is 18.0 Å². The highest BCUT2D eigenvalue weighted by Crippen LogP contribution is 2.24. The average Bonchev–Trinajstić information content (AvgIpc) is 2.37. The molecule has 1 atom stereocenters. The fraction of sp³-hybridized carbons (Fsp3) is 0.333. The molecule has 1 aromatic carbocycles. The second-order valence-corrected chi connectivity index (χ2v) is 6.77. The molecule has 0 aromatic heterocycles. The zero-order chi connectivity index (χ0) is 15.5. The molecule has 0 radical (unpaired) electrons.